The summed E-state index contributed by atoms with van der Waals surface area (Å²) in [5, 5.41) is 2.66. The van der Waals surface area contributed by atoms with E-state index in [1.165, 1.54) is 0 Å². The maximum absolute atomic E-state index is 12.2. The zero-order valence-corrected chi connectivity index (χ0v) is 6.23. The van der Waals surface area contributed by atoms with Crippen LogP contribution in [-0.4, -0.2) is 18.1 Å². The molecule has 0 bridgehead atoms. The lowest BCUT2D eigenvalue weighted by molar-refractivity contribution is -0.123. The van der Waals surface area contributed by atoms with E-state index in [1.54, 1.807) is 0 Å². The van der Waals surface area contributed by atoms with Gasteiger partial charge in [-0.1, -0.05) is 0 Å². The first-order chi connectivity index (χ1) is 4.61. The Morgan fingerprint density at radius 3 is 2.50 bits per heavy atom. The molecule has 2 nitrogen and oxygen atoms in total. The number of halogens is 1. The molecular weight excluding hydrogens is 133 g/mol. The first kappa shape index (κ1) is 7.51. The van der Waals surface area contributed by atoms with Gasteiger partial charge in [0.2, 0.25) is 5.91 Å². The van der Waals surface area contributed by atoms with Crippen molar-refractivity contribution in [3.8, 4) is 0 Å². The molecular formula is C7H12FNO. The zero-order valence-electron chi connectivity index (χ0n) is 6.23. The molecule has 58 valence electrons. The van der Waals surface area contributed by atoms with Gasteiger partial charge in [0.05, 0.1) is 5.92 Å². The largest absolute Gasteiger partial charge is 0.354 e. The molecule has 0 heterocycles. The Morgan fingerprint density at radius 1 is 1.70 bits per heavy atom. The highest BCUT2D eigenvalue weighted by atomic mass is 19.1. The minimum absolute atomic E-state index is 0.125. The Bertz CT molecular complexity index is 147. The van der Waals surface area contributed by atoms with Crippen LogP contribution in [0.4, 0.5) is 4.39 Å². The van der Waals surface area contributed by atoms with Gasteiger partial charge >= 0.3 is 0 Å². The fourth-order valence-corrected chi connectivity index (χ4v) is 0.827. The van der Waals surface area contributed by atoms with Gasteiger partial charge in [-0.3, -0.25) is 4.79 Å². The second kappa shape index (κ2) is 2.56. The van der Waals surface area contributed by atoms with E-state index < -0.39 is 6.17 Å². The molecule has 1 unspecified atom stereocenters. The molecule has 1 amide bonds. The predicted octanol–water partition coefficient (Wildman–Crippen LogP) is 0.869. The van der Waals surface area contributed by atoms with Crippen LogP contribution in [0.15, 0.2) is 0 Å². The van der Waals surface area contributed by atoms with Crippen LogP contribution >= 0.6 is 0 Å². The summed E-state index contributed by atoms with van der Waals surface area (Å²) >= 11 is 0. The molecule has 0 spiro atoms. The van der Waals surface area contributed by atoms with Crippen molar-refractivity contribution in [1.29, 1.82) is 0 Å². The quantitative estimate of drug-likeness (QED) is 0.613. The molecule has 1 N–H and O–H groups in total. The number of carbonyl (C=O) groups is 1. The van der Waals surface area contributed by atoms with E-state index in [2.05, 4.69) is 5.32 Å². The van der Waals surface area contributed by atoms with Gasteiger partial charge in [-0.15, -0.1) is 0 Å². The van der Waals surface area contributed by atoms with Crippen LogP contribution in [0.2, 0.25) is 0 Å². The van der Waals surface area contributed by atoms with Gasteiger partial charge in [-0.2, -0.15) is 0 Å². The average Bonchev–Trinajstić information content (AvgIpc) is 2.44. The Morgan fingerprint density at radius 2 is 2.20 bits per heavy atom. The second-order valence-electron chi connectivity index (χ2n) is 3.02. The van der Waals surface area contributed by atoms with E-state index in [-0.39, 0.29) is 17.9 Å². The van der Waals surface area contributed by atoms with E-state index in [0.717, 1.165) is 0 Å². The van der Waals surface area contributed by atoms with Gasteiger partial charge in [-0.25, -0.2) is 4.39 Å². The molecule has 0 aromatic carbocycles. The second-order valence-corrected chi connectivity index (χ2v) is 3.02. The van der Waals surface area contributed by atoms with E-state index in [4.69, 9.17) is 0 Å². The number of nitrogens with one attached hydrogen (secondary N) is 1. The summed E-state index contributed by atoms with van der Waals surface area (Å²) in [5.41, 5.74) is 0. The maximum atomic E-state index is 12.2. The van der Waals surface area contributed by atoms with E-state index in [1.807, 2.05) is 13.8 Å². The molecule has 2 atom stereocenters. The molecule has 1 saturated carbocycles. The van der Waals surface area contributed by atoms with Crippen LogP contribution in [0.3, 0.4) is 0 Å². The third-order valence-electron chi connectivity index (χ3n) is 1.48. The summed E-state index contributed by atoms with van der Waals surface area (Å²) < 4.78 is 12.2. The molecule has 0 aromatic heterocycles. The lowest BCUT2D eigenvalue weighted by Gasteiger charge is -2.05. The van der Waals surface area contributed by atoms with Crippen LogP contribution in [0.1, 0.15) is 20.3 Å². The summed E-state index contributed by atoms with van der Waals surface area (Å²) in [6, 6.07) is 0.125. The number of alkyl halides is 1. The summed E-state index contributed by atoms with van der Waals surface area (Å²) in [6.07, 6.45) is -0.461. The Hall–Kier alpha value is -0.600. The Balaban J connectivity index is 2.23. The smallest absolute Gasteiger partial charge is 0.226 e. The highest BCUT2D eigenvalue weighted by molar-refractivity contribution is 5.82. The van der Waals surface area contributed by atoms with Crippen LogP contribution in [0.5, 0.6) is 0 Å². The Kier molecular flexibility index (Phi) is 1.92. The van der Waals surface area contributed by atoms with Crippen LogP contribution in [0, 0.1) is 5.92 Å². The molecule has 10 heavy (non-hydrogen) atoms. The van der Waals surface area contributed by atoms with E-state index in [9.17, 15) is 9.18 Å². The molecule has 1 fully saturated rings. The minimum atomic E-state index is -0.876. The maximum Gasteiger partial charge on any atom is 0.226 e. The van der Waals surface area contributed by atoms with Gasteiger partial charge in [0, 0.05) is 6.04 Å². The lowest BCUT2D eigenvalue weighted by atomic mass is 10.3. The predicted molar refractivity (Wildman–Crippen MR) is 36.3 cm³/mol. The lowest BCUT2D eigenvalue weighted by Crippen LogP contribution is -2.31. The third-order valence-corrected chi connectivity index (χ3v) is 1.48. The summed E-state index contributed by atoms with van der Waals surface area (Å²) in [4.78, 5) is 10.9. The number of hydrogen-bond acceptors (Lipinski definition) is 1. The SMILES string of the molecule is CC(C)NC(=O)[C@H]1CC1F. The van der Waals surface area contributed by atoms with Crippen molar-refractivity contribution < 1.29 is 9.18 Å². The van der Waals surface area contributed by atoms with Crippen LogP contribution < -0.4 is 5.32 Å². The van der Waals surface area contributed by atoms with Crippen molar-refractivity contribution >= 4 is 5.91 Å². The van der Waals surface area contributed by atoms with Crippen LogP contribution in [-0.2, 0) is 4.79 Å². The van der Waals surface area contributed by atoms with Gasteiger partial charge < -0.3 is 5.32 Å². The standard InChI is InChI=1S/C7H12FNO/c1-4(2)9-7(10)5-3-6(5)8/h4-6H,3H2,1-2H3,(H,9,10)/t5-,6?/m0/s1. The van der Waals surface area contributed by atoms with Gasteiger partial charge in [0.25, 0.3) is 0 Å². The molecule has 3 heteroatoms. The van der Waals surface area contributed by atoms with Gasteiger partial charge in [-0.05, 0) is 20.3 Å². The zero-order chi connectivity index (χ0) is 7.72. The minimum Gasteiger partial charge on any atom is -0.354 e. The van der Waals surface area contributed by atoms with Crippen molar-refractivity contribution in [3.05, 3.63) is 0 Å². The topological polar surface area (TPSA) is 29.1 Å². The normalized spacial score (nSPS) is 30.4. The summed E-state index contributed by atoms with van der Waals surface area (Å²) in [6.45, 7) is 3.74. The molecule has 1 aliphatic carbocycles. The van der Waals surface area contributed by atoms with Gasteiger partial charge in [0.1, 0.15) is 6.17 Å². The fourth-order valence-electron chi connectivity index (χ4n) is 0.827. The highest BCUT2D eigenvalue weighted by Crippen LogP contribution is 2.33. The van der Waals surface area contributed by atoms with Crippen molar-refractivity contribution in [3.63, 3.8) is 0 Å². The average molecular weight is 145 g/mol. The van der Waals surface area contributed by atoms with E-state index >= 15 is 0 Å². The number of amides is 1. The number of hydrogen-bond donors (Lipinski definition) is 1. The van der Waals surface area contributed by atoms with Gasteiger partial charge in [0.15, 0.2) is 0 Å². The highest BCUT2D eigenvalue weighted by Gasteiger charge is 2.43. The first-order valence-corrected chi connectivity index (χ1v) is 3.55. The molecule has 0 aromatic rings. The molecule has 0 saturated heterocycles. The monoisotopic (exact) mass is 145 g/mol. The number of carbonyl (C=O) groups excluding carboxylic acids is 1. The molecule has 1 aliphatic rings. The Labute approximate surface area is 59.8 Å². The van der Waals surface area contributed by atoms with Crippen molar-refractivity contribution in [2.24, 2.45) is 5.92 Å². The summed E-state index contributed by atoms with van der Waals surface area (Å²) in [7, 11) is 0. The van der Waals surface area contributed by atoms with Crippen molar-refractivity contribution in [1.82, 2.24) is 5.32 Å². The first-order valence-electron chi connectivity index (χ1n) is 3.55. The molecule has 0 radical (unpaired) electrons. The number of rotatable bonds is 2. The van der Waals surface area contributed by atoms with Crippen molar-refractivity contribution in [2.75, 3.05) is 0 Å². The third kappa shape index (κ3) is 1.69. The molecule has 0 aliphatic heterocycles. The summed E-state index contributed by atoms with van der Waals surface area (Å²) in [5.74, 6) is -0.482. The van der Waals surface area contributed by atoms with E-state index in [0.29, 0.717) is 6.42 Å². The molecule has 1 rings (SSSR count). The van der Waals surface area contributed by atoms with Crippen molar-refractivity contribution in [2.45, 2.75) is 32.5 Å². The van der Waals surface area contributed by atoms with Crippen LogP contribution in [0.25, 0.3) is 0 Å². The fraction of sp³-hybridized carbons (Fsp3) is 0.857.